The molecular weight excluding hydrogens is 395 g/mol. The minimum absolute atomic E-state index is 0.154. The molecule has 0 radical (unpaired) electrons. The first-order valence-corrected chi connectivity index (χ1v) is 7.45. The number of benzene rings is 1. The number of pyridine rings is 1. The molecule has 7 heteroatoms. The van der Waals surface area contributed by atoms with Crippen LogP contribution in [0, 0.1) is 3.57 Å². The number of rotatable bonds is 4. The number of hydrogen-bond donors (Lipinski definition) is 2. The maximum absolute atomic E-state index is 11.9. The summed E-state index contributed by atoms with van der Waals surface area (Å²) >= 11 is 2.18. The smallest absolute Gasteiger partial charge is 0.271 e. The highest BCUT2D eigenvalue weighted by atomic mass is 127. The van der Waals surface area contributed by atoms with E-state index in [1.165, 1.54) is 19.3 Å². The van der Waals surface area contributed by atoms with Gasteiger partial charge in [0.2, 0.25) is 0 Å². The summed E-state index contributed by atoms with van der Waals surface area (Å²) in [5, 5.41) is 6.50. The summed E-state index contributed by atoms with van der Waals surface area (Å²) in [5.41, 5.74) is 3.58. The van der Waals surface area contributed by atoms with Gasteiger partial charge in [-0.15, -0.1) is 0 Å². The Bertz CT molecular complexity index is 699. The van der Waals surface area contributed by atoms with Gasteiger partial charge < -0.3 is 5.32 Å². The molecule has 0 aliphatic heterocycles. The van der Waals surface area contributed by atoms with E-state index in [0.717, 1.165) is 3.57 Å². The third-order valence-electron chi connectivity index (χ3n) is 2.70. The van der Waals surface area contributed by atoms with Gasteiger partial charge in [-0.1, -0.05) is 0 Å². The first kappa shape index (κ1) is 16.1. The van der Waals surface area contributed by atoms with Gasteiger partial charge in [-0.3, -0.25) is 14.6 Å². The molecule has 0 saturated heterocycles. The number of aromatic nitrogens is 1. The third-order valence-corrected chi connectivity index (χ3v) is 3.42. The third kappa shape index (κ3) is 4.62. The lowest BCUT2D eigenvalue weighted by atomic mass is 10.2. The molecule has 0 aliphatic rings. The number of nitrogens with zero attached hydrogens (tertiary/aromatic N) is 2. The lowest BCUT2D eigenvalue weighted by Crippen LogP contribution is -2.25. The molecule has 22 heavy (non-hydrogen) atoms. The van der Waals surface area contributed by atoms with Crippen LogP contribution in [-0.4, -0.2) is 22.5 Å². The largest absolute Gasteiger partial charge is 0.321 e. The van der Waals surface area contributed by atoms with E-state index in [2.05, 4.69) is 43.4 Å². The number of hydrogen-bond acceptors (Lipinski definition) is 4. The van der Waals surface area contributed by atoms with Crippen molar-refractivity contribution in [2.24, 2.45) is 5.10 Å². The highest BCUT2D eigenvalue weighted by Crippen LogP contribution is 2.11. The van der Waals surface area contributed by atoms with E-state index in [9.17, 15) is 9.59 Å². The van der Waals surface area contributed by atoms with Crippen molar-refractivity contribution in [1.29, 1.82) is 0 Å². The van der Waals surface area contributed by atoms with E-state index in [0.29, 0.717) is 11.3 Å². The van der Waals surface area contributed by atoms with Crippen molar-refractivity contribution in [1.82, 2.24) is 10.4 Å². The molecule has 0 unspecified atom stereocenters. The molecule has 2 rings (SSSR count). The molecule has 0 aliphatic carbocycles. The summed E-state index contributed by atoms with van der Waals surface area (Å²) in [6.45, 7) is 1.52. The number of nitrogens with one attached hydrogen (secondary N) is 2. The lowest BCUT2D eigenvalue weighted by molar-refractivity contribution is -0.110. The van der Waals surface area contributed by atoms with Crippen molar-refractivity contribution >= 4 is 45.8 Å². The number of amides is 2. The molecule has 0 saturated carbocycles. The number of carbonyl (C=O) groups is 2. The summed E-state index contributed by atoms with van der Waals surface area (Å²) in [7, 11) is 0. The second-order valence-corrected chi connectivity index (χ2v) is 5.58. The van der Waals surface area contributed by atoms with Crippen LogP contribution in [0.3, 0.4) is 0 Å². The van der Waals surface area contributed by atoms with Crippen LogP contribution >= 0.6 is 22.6 Å². The van der Waals surface area contributed by atoms with Crippen molar-refractivity contribution in [3.8, 4) is 0 Å². The molecule has 0 atom stereocenters. The number of halogens is 1. The molecular formula is C15H13IN4O2. The fourth-order valence-corrected chi connectivity index (χ4v) is 1.87. The Morgan fingerprint density at radius 1 is 1.09 bits per heavy atom. The molecule has 0 spiro atoms. The van der Waals surface area contributed by atoms with Crippen LogP contribution in [-0.2, 0) is 4.79 Å². The van der Waals surface area contributed by atoms with Crippen LogP contribution in [0.15, 0.2) is 53.9 Å². The highest BCUT2D eigenvalue weighted by molar-refractivity contribution is 14.1. The van der Waals surface area contributed by atoms with E-state index >= 15 is 0 Å². The van der Waals surface area contributed by atoms with Crippen molar-refractivity contribution in [3.05, 3.63) is 57.9 Å². The Hall–Kier alpha value is -2.29. The lowest BCUT2D eigenvalue weighted by Gasteiger charge is -2.05. The first-order chi connectivity index (χ1) is 10.6. The Kier molecular flexibility index (Phi) is 5.59. The molecule has 112 valence electrons. The minimum atomic E-state index is -0.399. The second-order valence-electron chi connectivity index (χ2n) is 4.34. The van der Waals surface area contributed by atoms with Gasteiger partial charge in [0.15, 0.2) is 0 Å². The van der Waals surface area contributed by atoms with Crippen LogP contribution in [0.2, 0.25) is 0 Å². The van der Waals surface area contributed by atoms with E-state index in [4.69, 9.17) is 0 Å². The Morgan fingerprint density at radius 3 is 2.36 bits per heavy atom. The fourth-order valence-electron chi connectivity index (χ4n) is 1.51. The molecule has 0 fully saturated rings. The number of anilines is 1. The van der Waals surface area contributed by atoms with Gasteiger partial charge in [0.1, 0.15) is 5.71 Å². The van der Waals surface area contributed by atoms with Crippen LogP contribution < -0.4 is 10.7 Å². The van der Waals surface area contributed by atoms with Crippen LogP contribution in [0.1, 0.15) is 17.3 Å². The number of carbonyl (C=O) groups excluding carboxylic acids is 2. The van der Waals surface area contributed by atoms with Gasteiger partial charge >= 0.3 is 0 Å². The van der Waals surface area contributed by atoms with Crippen molar-refractivity contribution in [3.63, 3.8) is 0 Å². The zero-order valence-electron chi connectivity index (χ0n) is 11.7. The summed E-state index contributed by atoms with van der Waals surface area (Å²) in [4.78, 5) is 27.6. The van der Waals surface area contributed by atoms with Gasteiger partial charge in [0.05, 0.1) is 0 Å². The zero-order valence-corrected chi connectivity index (χ0v) is 13.9. The van der Waals surface area contributed by atoms with E-state index < -0.39 is 5.91 Å². The molecule has 1 aromatic heterocycles. The van der Waals surface area contributed by atoms with Gasteiger partial charge in [-0.2, -0.15) is 5.10 Å². The molecule has 1 aromatic carbocycles. The monoisotopic (exact) mass is 408 g/mol. The normalized spacial score (nSPS) is 10.9. The van der Waals surface area contributed by atoms with E-state index in [1.54, 1.807) is 24.3 Å². The average molecular weight is 408 g/mol. The van der Waals surface area contributed by atoms with Gasteiger partial charge in [0.25, 0.3) is 11.8 Å². The molecule has 2 aromatic rings. The zero-order chi connectivity index (χ0) is 15.9. The Labute approximate surface area is 141 Å². The predicted octanol–water partition coefficient (Wildman–Crippen LogP) is 2.43. The Balaban J connectivity index is 1.95. The van der Waals surface area contributed by atoms with Gasteiger partial charge in [0, 0.05) is 27.2 Å². The topological polar surface area (TPSA) is 83.5 Å². The van der Waals surface area contributed by atoms with Crippen LogP contribution in [0.5, 0.6) is 0 Å². The van der Waals surface area contributed by atoms with E-state index in [-0.39, 0.29) is 11.6 Å². The van der Waals surface area contributed by atoms with Crippen molar-refractivity contribution < 1.29 is 9.59 Å². The van der Waals surface area contributed by atoms with Crippen molar-refractivity contribution in [2.75, 3.05) is 5.32 Å². The predicted molar refractivity (Wildman–Crippen MR) is 92.6 cm³/mol. The summed E-state index contributed by atoms with van der Waals surface area (Å²) in [6.07, 6.45) is 3.02. The molecule has 2 amide bonds. The van der Waals surface area contributed by atoms with Gasteiger partial charge in [-0.05, 0) is 65.9 Å². The molecule has 6 nitrogen and oxygen atoms in total. The van der Waals surface area contributed by atoms with Crippen molar-refractivity contribution in [2.45, 2.75) is 6.92 Å². The maximum atomic E-state index is 11.9. The fraction of sp³-hybridized carbons (Fsp3) is 0.0667. The molecule has 0 bridgehead atoms. The highest BCUT2D eigenvalue weighted by Gasteiger charge is 2.08. The van der Waals surface area contributed by atoms with Gasteiger partial charge in [-0.25, -0.2) is 5.43 Å². The second kappa shape index (κ2) is 7.64. The quantitative estimate of drug-likeness (QED) is 0.463. The maximum Gasteiger partial charge on any atom is 0.271 e. The molecule has 2 N–H and O–H groups in total. The minimum Gasteiger partial charge on any atom is -0.321 e. The SMILES string of the molecule is C/C(=N\NC(=O)c1ccncc1)C(=O)Nc1ccc(I)cc1. The summed E-state index contributed by atoms with van der Waals surface area (Å²) in [5.74, 6) is -0.778. The van der Waals surface area contributed by atoms with Crippen LogP contribution in [0.4, 0.5) is 5.69 Å². The Morgan fingerprint density at radius 2 is 1.73 bits per heavy atom. The number of hydrazone groups is 1. The average Bonchev–Trinajstić information content (AvgIpc) is 2.55. The standard InChI is InChI=1S/C15H13IN4O2/c1-10(14(21)18-13-4-2-12(16)3-5-13)19-20-15(22)11-6-8-17-9-7-11/h2-9H,1H3,(H,18,21)(H,20,22)/b19-10+. The molecule has 1 heterocycles. The first-order valence-electron chi connectivity index (χ1n) is 6.38. The van der Waals surface area contributed by atoms with Crippen LogP contribution in [0.25, 0.3) is 0 Å². The summed E-state index contributed by atoms with van der Waals surface area (Å²) < 4.78 is 1.07. The van der Waals surface area contributed by atoms with E-state index in [1.807, 2.05) is 12.1 Å². The summed E-state index contributed by atoms with van der Waals surface area (Å²) in [6, 6.07) is 10.5.